The number of para-hydroxylation sites is 1. The Morgan fingerprint density at radius 3 is 2.62 bits per heavy atom. The zero-order valence-electron chi connectivity index (χ0n) is 13.2. The topological polar surface area (TPSA) is 60.7 Å². The first-order chi connectivity index (χ1) is 11.8. The molecule has 0 aliphatic rings. The number of anilines is 1. The van der Waals surface area contributed by atoms with E-state index in [0.717, 1.165) is 5.75 Å². The molecule has 0 saturated carbocycles. The quantitative estimate of drug-likeness (QED) is 0.741. The van der Waals surface area contributed by atoms with E-state index in [4.69, 9.17) is 13.9 Å². The van der Waals surface area contributed by atoms with Gasteiger partial charge in [0.25, 0.3) is 5.91 Å². The number of carbonyl (C=O) groups is 1. The summed E-state index contributed by atoms with van der Waals surface area (Å²) in [7, 11) is 1.58. The number of rotatable bonds is 6. The number of hydrogen-bond acceptors (Lipinski definition) is 4. The lowest BCUT2D eigenvalue weighted by atomic mass is 10.2. The minimum atomic E-state index is -0.333. The molecule has 3 rings (SSSR count). The fraction of sp³-hybridized carbons (Fsp3) is 0.105. The van der Waals surface area contributed by atoms with Crippen LogP contribution in [0.4, 0.5) is 5.69 Å². The average Bonchev–Trinajstić information content (AvgIpc) is 3.10. The van der Waals surface area contributed by atoms with E-state index in [0.29, 0.717) is 17.0 Å². The van der Waals surface area contributed by atoms with Crippen molar-refractivity contribution < 1.29 is 18.7 Å². The van der Waals surface area contributed by atoms with E-state index in [1.807, 2.05) is 36.4 Å². The van der Waals surface area contributed by atoms with Crippen LogP contribution >= 0.6 is 0 Å². The van der Waals surface area contributed by atoms with E-state index in [1.54, 1.807) is 31.4 Å². The van der Waals surface area contributed by atoms with Crippen LogP contribution in [0.1, 0.15) is 16.1 Å². The van der Waals surface area contributed by atoms with E-state index in [2.05, 4.69) is 5.32 Å². The third-order valence-corrected chi connectivity index (χ3v) is 3.42. The van der Waals surface area contributed by atoms with Crippen LogP contribution in [0.5, 0.6) is 11.5 Å². The van der Waals surface area contributed by atoms with E-state index < -0.39 is 0 Å². The Morgan fingerprint density at radius 1 is 1.04 bits per heavy atom. The van der Waals surface area contributed by atoms with Gasteiger partial charge in [-0.15, -0.1) is 0 Å². The van der Waals surface area contributed by atoms with Gasteiger partial charge in [-0.3, -0.25) is 4.79 Å². The number of nitrogens with one attached hydrogen (secondary N) is 1. The van der Waals surface area contributed by atoms with Crippen molar-refractivity contribution in [1.82, 2.24) is 0 Å². The smallest absolute Gasteiger partial charge is 0.291 e. The van der Waals surface area contributed by atoms with Crippen LogP contribution in [0, 0.1) is 0 Å². The molecule has 5 heteroatoms. The summed E-state index contributed by atoms with van der Waals surface area (Å²) < 4.78 is 16.1. The van der Waals surface area contributed by atoms with Crippen molar-refractivity contribution in [3.8, 4) is 11.5 Å². The van der Waals surface area contributed by atoms with Crippen LogP contribution < -0.4 is 14.8 Å². The molecule has 1 heterocycles. The summed E-state index contributed by atoms with van der Waals surface area (Å²) in [6, 6.07) is 18.3. The fourth-order valence-electron chi connectivity index (χ4n) is 2.22. The van der Waals surface area contributed by atoms with Gasteiger partial charge in [-0.05, 0) is 30.3 Å². The first-order valence-electron chi connectivity index (χ1n) is 7.46. The van der Waals surface area contributed by atoms with E-state index >= 15 is 0 Å². The van der Waals surface area contributed by atoms with Gasteiger partial charge < -0.3 is 19.2 Å². The van der Waals surface area contributed by atoms with Gasteiger partial charge in [0.1, 0.15) is 18.1 Å². The van der Waals surface area contributed by atoms with Crippen LogP contribution in [-0.2, 0) is 6.61 Å². The molecular formula is C19H17NO4. The van der Waals surface area contributed by atoms with Crippen molar-refractivity contribution >= 4 is 11.6 Å². The van der Waals surface area contributed by atoms with E-state index in [1.165, 1.54) is 6.26 Å². The van der Waals surface area contributed by atoms with Gasteiger partial charge in [0, 0.05) is 17.3 Å². The Balaban J connectivity index is 1.68. The fourth-order valence-corrected chi connectivity index (χ4v) is 2.22. The highest BCUT2D eigenvalue weighted by molar-refractivity contribution is 6.03. The molecule has 0 spiro atoms. The molecule has 0 bridgehead atoms. The number of methoxy groups -OCH3 is 1. The minimum Gasteiger partial charge on any atom is -0.497 e. The first-order valence-corrected chi connectivity index (χ1v) is 7.46. The SMILES string of the molecule is COc1cccc(NC(=O)c2occc2COc2ccccc2)c1. The maximum atomic E-state index is 12.4. The standard InChI is InChI=1S/C19H17NO4/c1-22-17-9-5-6-15(12-17)20-19(21)18-14(10-11-23-18)13-24-16-7-3-2-4-8-16/h2-12H,13H2,1H3,(H,20,21). The second kappa shape index (κ2) is 7.37. The second-order valence-electron chi connectivity index (χ2n) is 5.06. The van der Waals surface area contributed by atoms with Crippen molar-refractivity contribution in [1.29, 1.82) is 0 Å². The van der Waals surface area contributed by atoms with Gasteiger partial charge in [0.05, 0.1) is 13.4 Å². The third kappa shape index (κ3) is 3.76. The monoisotopic (exact) mass is 323 g/mol. The summed E-state index contributed by atoms with van der Waals surface area (Å²) in [5.74, 6) is 1.30. The number of amides is 1. The lowest BCUT2D eigenvalue weighted by Gasteiger charge is -2.08. The highest BCUT2D eigenvalue weighted by Crippen LogP contribution is 2.20. The molecule has 0 fully saturated rings. The summed E-state index contributed by atoms with van der Waals surface area (Å²) in [5.41, 5.74) is 1.31. The van der Waals surface area contributed by atoms with Gasteiger partial charge in [0.15, 0.2) is 5.76 Å². The van der Waals surface area contributed by atoms with Crippen molar-refractivity contribution in [2.75, 3.05) is 12.4 Å². The maximum absolute atomic E-state index is 12.4. The van der Waals surface area contributed by atoms with Crippen molar-refractivity contribution in [3.63, 3.8) is 0 Å². The summed E-state index contributed by atoms with van der Waals surface area (Å²) >= 11 is 0. The third-order valence-electron chi connectivity index (χ3n) is 3.42. The Hall–Kier alpha value is -3.21. The Bertz CT molecular complexity index is 811. The zero-order valence-corrected chi connectivity index (χ0v) is 13.2. The minimum absolute atomic E-state index is 0.230. The van der Waals surface area contributed by atoms with Gasteiger partial charge in [-0.1, -0.05) is 24.3 Å². The lowest BCUT2D eigenvalue weighted by Crippen LogP contribution is -2.13. The molecule has 3 aromatic rings. The summed E-state index contributed by atoms with van der Waals surface area (Å²) in [6.45, 7) is 0.251. The molecule has 1 aromatic heterocycles. The van der Waals surface area contributed by atoms with Crippen LogP contribution in [0.2, 0.25) is 0 Å². The zero-order chi connectivity index (χ0) is 16.8. The molecule has 1 amide bonds. The molecule has 0 unspecified atom stereocenters. The number of benzene rings is 2. The molecule has 1 N–H and O–H groups in total. The highest BCUT2D eigenvalue weighted by atomic mass is 16.5. The maximum Gasteiger partial charge on any atom is 0.291 e. The highest BCUT2D eigenvalue weighted by Gasteiger charge is 2.16. The summed E-state index contributed by atoms with van der Waals surface area (Å²) in [4.78, 5) is 12.4. The summed E-state index contributed by atoms with van der Waals surface area (Å²) in [6.07, 6.45) is 1.48. The first kappa shape index (κ1) is 15.7. The Morgan fingerprint density at radius 2 is 1.83 bits per heavy atom. The van der Waals surface area contributed by atoms with Gasteiger partial charge in [0.2, 0.25) is 0 Å². The predicted molar refractivity (Wildman–Crippen MR) is 90.4 cm³/mol. The van der Waals surface area contributed by atoms with E-state index in [-0.39, 0.29) is 18.3 Å². The van der Waals surface area contributed by atoms with E-state index in [9.17, 15) is 4.79 Å². The van der Waals surface area contributed by atoms with Crippen molar-refractivity contribution in [2.45, 2.75) is 6.61 Å². The molecule has 0 atom stereocenters. The molecular weight excluding hydrogens is 306 g/mol. The number of ether oxygens (including phenoxy) is 2. The molecule has 24 heavy (non-hydrogen) atoms. The molecule has 0 aliphatic heterocycles. The second-order valence-corrected chi connectivity index (χ2v) is 5.06. The summed E-state index contributed by atoms with van der Waals surface area (Å²) in [5, 5.41) is 2.79. The largest absolute Gasteiger partial charge is 0.497 e. The number of hydrogen-bond donors (Lipinski definition) is 1. The van der Waals surface area contributed by atoms with Gasteiger partial charge in [-0.2, -0.15) is 0 Å². The Labute approximate surface area is 139 Å². The van der Waals surface area contributed by atoms with Crippen LogP contribution in [0.3, 0.4) is 0 Å². The molecule has 0 aliphatic carbocycles. The van der Waals surface area contributed by atoms with Crippen LogP contribution in [-0.4, -0.2) is 13.0 Å². The molecule has 2 aromatic carbocycles. The predicted octanol–water partition coefficient (Wildman–Crippen LogP) is 4.12. The molecule has 122 valence electrons. The average molecular weight is 323 g/mol. The van der Waals surface area contributed by atoms with Crippen molar-refractivity contribution in [3.05, 3.63) is 78.3 Å². The number of carbonyl (C=O) groups excluding carboxylic acids is 1. The van der Waals surface area contributed by atoms with Gasteiger partial charge >= 0.3 is 0 Å². The molecule has 0 radical (unpaired) electrons. The van der Waals surface area contributed by atoms with Crippen molar-refractivity contribution in [2.24, 2.45) is 0 Å². The number of furan rings is 1. The lowest BCUT2D eigenvalue weighted by molar-refractivity contribution is 0.0993. The Kier molecular flexibility index (Phi) is 4.81. The molecule has 0 saturated heterocycles. The normalized spacial score (nSPS) is 10.2. The van der Waals surface area contributed by atoms with Crippen LogP contribution in [0.15, 0.2) is 71.3 Å². The van der Waals surface area contributed by atoms with Gasteiger partial charge in [-0.25, -0.2) is 0 Å². The van der Waals surface area contributed by atoms with Crippen LogP contribution in [0.25, 0.3) is 0 Å². The molecule has 5 nitrogen and oxygen atoms in total.